The predicted molar refractivity (Wildman–Crippen MR) is 88.5 cm³/mol. The smallest absolute Gasteiger partial charge is 0.0708 e. The zero-order chi connectivity index (χ0) is 14.5. The normalized spacial score (nSPS) is 15.9. The Morgan fingerprint density at radius 3 is 2.86 bits per heavy atom. The highest BCUT2D eigenvalue weighted by Gasteiger charge is 2.10. The van der Waals surface area contributed by atoms with Gasteiger partial charge in [0.15, 0.2) is 0 Å². The van der Waals surface area contributed by atoms with Crippen molar-refractivity contribution in [2.24, 2.45) is 0 Å². The molecule has 1 aliphatic heterocycles. The van der Waals surface area contributed by atoms with E-state index in [1.807, 2.05) is 0 Å². The Hall–Kier alpha value is -1.45. The van der Waals surface area contributed by atoms with Crippen molar-refractivity contribution in [1.29, 1.82) is 0 Å². The number of nitrogens with zero attached hydrogens (tertiary/aromatic N) is 2. The first-order chi connectivity index (χ1) is 10.3. The second kappa shape index (κ2) is 7.01. The fourth-order valence-corrected chi connectivity index (χ4v) is 3.20. The number of para-hydroxylation sites is 1. The highest BCUT2D eigenvalue weighted by molar-refractivity contribution is 5.82. The number of pyridine rings is 1. The van der Waals surface area contributed by atoms with Crippen LogP contribution in [0.25, 0.3) is 10.9 Å². The Kier molecular flexibility index (Phi) is 4.84. The van der Waals surface area contributed by atoms with E-state index in [-0.39, 0.29) is 0 Å². The third-order valence-electron chi connectivity index (χ3n) is 4.27. The third-order valence-corrected chi connectivity index (χ3v) is 4.27. The maximum absolute atomic E-state index is 4.60. The van der Waals surface area contributed by atoms with Crippen LogP contribution in [0.4, 0.5) is 0 Å². The highest BCUT2D eigenvalue weighted by Crippen LogP contribution is 2.17. The van der Waals surface area contributed by atoms with Crippen LogP contribution in [0.2, 0.25) is 0 Å². The van der Waals surface area contributed by atoms with Crippen LogP contribution in [0.3, 0.4) is 0 Å². The van der Waals surface area contributed by atoms with Crippen LogP contribution in [0.15, 0.2) is 30.3 Å². The van der Waals surface area contributed by atoms with Crippen molar-refractivity contribution >= 4 is 10.9 Å². The standard InChI is InChI=1S/C18H25N3/c1-15-13-16(17-7-2-3-8-18(17)20-15)14-19-9-6-12-21-10-4-5-11-21/h2-3,7-8,13,19H,4-6,9-12,14H2,1H3. The first kappa shape index (κ1) is 14.5. The van der Waals surface area contributed by atoms with Crippen molar-refractivity contribution in [3.63, 3.8) is 0 Å². The number of nitrogens with one attached hydrogen (secondary N) is 1. The van der Waals surface area contributed by atoms with Crippen molar-refractivity contribution < 1.29 is 0 Å². The van der Waals surface area contributed by atoms with Crippen LogP contribution in [-0.4, -0.2) is 36.1 Å². The number of hydrogen-bond donors (Lipinski definition) is 1. The Balaban J connectivity index is 1.52. The SMILES string of the molecule is Cc1cc(CNCCCN2CCCC2)c2ccccc2n1. The van der Waals surface area contributed by atoms with E-state index in [1.54, 1.807) is 0 Å². The summed E-state index contributed by atoms with van der Waals surface area (Å²) in [4.78, 5) is 7.18. The number of hydrogen-bond acceptors (Lipinski definition) is 3. The van der Waals surface area contributed by atoms with Crippen molar-refractivity contribution in [2.75, 3.05) is 26.2 Å². The fraction of sp³-hybridized carbons (Fsp3) is 0.500. The second-order valence-electron chi connectivity index (χ2n) is 6.02. The van der Waals surface area contributed by atoms with Crippen LogP contribution in [0.1, 0.15) is 30.5 Å². The molecule has 3 heteroatoms. The topological polar surface area (TPSA) is 28.2 Å². The lowest BCUT2D eigenvalue weighted by atomic mass is 10.1. The second-order valence-corrected chi connectivity index (χ2v) is 6.02. The molecule has 0 aliphatic carbocycles. The molecule has 1 saturated heterocycles. The molecular formula is C18H25N3. The summed E-state index contributed by atoms with van der Waals surface area (Å²) in [6, 6.07) is 10.6. The van der Waals surface area contributed by atoms with E-state index in [4.69, 9.17) is 0 Å². The minimum atomic E-state index is 0.934. The average molecular weight is 283 g/mol. The maximum atomic E-state index is 4.60. The molecule has 0 atom stereocenters. The van der Waals surface area contributed by atoms with Crippen LogP contribution >= 0.6 is 0 Å². The molecule has 0 spiro atoms. The maximum Gasteiger partial charge on any atom is 0.0708 e. The van der Waals surface area contributed by atoms with Gasteiger partial charge in [-0.2, -0.15) is 0 Å². The quantitative estimate of drug-likeness (QED) is 0.826. The number of aryl methyl sites for hydroxylation is 1. The molecule has 0 amide bonds. The predicted octanol–water partition coefficient (Wildman–Crippen LogP) is 3.12. The molecule has 0 bridgehead atoms. The van der Waals surface area contributed by atoms with Gasteiger partial charge in [0.1, 0.15) is 0 Å². The van der Waals surface area contributed by atoms with Crippen molar-refractivity contribution in [3.8, 4) is 0 Å². The van der Waals surface area contributed by atoms with Crippen LogP contribution in [-0.2, 0) is 6.54 Å². The summed E-state index contributed by atoms with van der Waals surface area (Å²) in [5.41, 5.74) is 3.56. The lowest BCUT2D eigenvalue weighted by Crippen LogP contribution is -2.24. The number of fused-ring (bicyclic) bond motifs is 1. The molecular weight excluding hydrogens is 258 g/mol. The Labute approximate surface area is 127 Å². The molecule has 1 aromatic heterocycles. The van der Waals surface area contributed by atoms with E-state index in [2.05, 4.69) is 52.5 Å². The van der Waals surface area contributed by atoms with Crippen molar-refractivity contribution in [1.82, 2.24) is 15.2 Å². The molecule has 112 valence electrons. The molecule has 1 aliphatic rings. The molecule has 0 radical (unpaired) electrons. The number of likely N-dealkylation sites (tertiary alicyclic amines) is 1. The van der Waals surface area contributed by atoms with Gasteiger partial charge in [0.2, 0.25) is 0 Å². The van der Waals surface area contributed by atoms with Crippen LogP contribution in [0, 0.1) is 6.92 Å². The highest BCUT2D eigenvalue weighted by atomic mass is 15.1. The molecule has 3 nitrogen and oxygen atoms in total. The molecule has 1 aromatic carbocycles. The van der Waals surface area contributed by atoms with Gasteiger partial charge in [-0.15, -0.1) is 0 Å². The molecule has 21 heavy (non-hydrogen) atoms. The zero-order valence-corrected chi connectivity index (χ0v) is 12.9. The first-order valence-electron chi connectivity index (χ1n) is 8.11. The molecule has 2 heterocycles. The van der Waals surface area contributed by atoms with Gasteiger partial charge in [0.25, 0.3) is 0 Å². The average Bonchev–Trinajstić information content (AvgIpc) is 3.00. The minimum Gasteiger partial charge on any atom is -0.313 e. The molecule has 1 N–H and O–H groups in total. The van der Waals surface area contributed by atoms with E-state index in [9.17, 15) is 0 Å². The molecule has 3 rings (SSSR count). The first-order valence-corrected chi connectivity index (χ1v) is 8.11. The van der Waals surface area contributed by atoms with E-state index >= 15 is 0 Å². The van der Waals surface area contributed by atoms with Gasteiger partial charge in [-0.05, 0) is 70.1 Å². The summed E-state index contributed by atoms with van der Waals surface area (Å²) >= 11 is 0. The van der Waals surface area contributed by atoms with Crippen molar-refractivity contribution in [3.05, 3.63) is 41.6 Å². The Morgan fingerprint density at radius 1 is 1.19 bits per heavy atom. The fourth-order valence-electron chi connectivity index (χ4n) is 3.20. The van der Waals surface area contributed by atoms with Crippen molar-refractivity contribution in [2.45, 2.75) is 32.7 Å². The van der Waals surface area contributed by atoms with E-state index in [0.717, 1.165) is 24.3 Å². The van der Waals surface area contributed by atoms with Gasteiger partial charge in [0.05, 0.1) is 5.52 Å². The molecule has 0 unspecified atom stereocenters. The van der Waals surface area contributed by atoms with E-state index in [0.29, 0.717) is 0 Å². The minimum absolute atomic E-state index is 0.934. The lowest BCUT2D eigenvalue weighted by Gasteiger charge is -2.14. The number of aromatic nitrogens is 1. The Bertz CT molecular complexity index is 588. The summed E-state index contributed by atoms with van der Waals surface area (Å²) in [5.74, 6) is 0. The van der Waals surface area contributed by atoms with E-state index in [1.165, 1.54) is 49.8 Å². The summed E-state index contributed by atoms with van der Waals surface area (Å²) in [7, 11) is 0. The van der Waals surface area contributed by atoms with E-state index < -0.39 is 0 Å². The van der Waals surface area contributed by atoms with Gasteiger partial charge in [0, 0.05) is 17.6 Å². The zero-order valence-electron chi connectivity index (χ0n) is 12.9. The summed E-state index contributed by atoms with van der Waals surface area (Å²) < 4.78 is 0. The lowest BCUT2D eigenvalue weighted by molar-refractivity contribution is 0.331. The van der Waals surface area contributed by atoms with Gasteiger partial charge < -0.3 is 10.2 Å². The Morgan fingerprint density at radius 2 is 2.00 bits per heavy atom. The van der Waals surface area contributed by atoms with Crippen LogP contribution < -0.4 is 5.32 Å². The molecule has 0 saturated carbocycles. The third kappa shape index (κ3) is 3.80. The largest absolute Gasteiger partial charge is 0.313 e. The summed E-state index contributed by atoms with van der Waals surface area (Å²) in [6.07, 6.45) is 4.01. The van der Waals surface area contributed by atoms with Crippen LogP contribution in [0.5, 0.6) is 0 Å². The van der Waals surface area contributed by atoms with Gasteiger partial charge in [-0.3, -0.25) is 4.98 Å². The van der Waals surface area contributed by atoms with Gasteiger partial charge >= 0.3 is 0 Å². The number of benzene rings is 1. The number of rotatable bonds is 6. The van der Waals surface area contributed by atoms with Gasteiger partial charge in [-0.1, -0.05) is 18.2 Å². The monoisotopic (exact) mass is 283 g/mol. The van der Waals surface area contributed by atoms with Gasteiger partial charge in [-0.25, -0.2) is 0 Å². The summed E-state index contributed by atoms with van der Waals surface area (Å²) in [6.45, 7) is 7.94. The molecule has 1 fully saturated rings. The summed E-state index contributed by atoms with van der Waals surface area (Å²) in [5, 5.41) is 4.86. The molecule has 2 aromatic rings.